The lowest BCUT2D eigenvalue weighted by Gasteiger charge is -2.44. The summed E-state index contributed by atoms with van der Waals surface area (Å²) in [5.41, 5.74) is 0.760. The number of nitrogens with zero attached hydrogens (tertiary/aromatic N) is 1. The highest BCUT2D eigenvalue weighted by Gasteiger charge is 2.50. The van der Waals surface area contributed by atoms with Crippen LogP contribution >= 0.6 is 0 Å². The zero-order valence-corrected chi connectivity index (χ0v) is 15.9. The quantitative estimate of drug-likeness (QED) is 0.843. The van der Waals surface area contributed by atoms with Crippen molar-refractivity contribution in [1.29, 1.82) is 0 Å². The van der Waals surface area contributed by atoms with Gasteiger partial charge in [-0.3, -0.25) is 9.59 Å². The van der Waals surface area contributed by atoms with E-state index in [1.165, 1.54) is 16.3 Å². The molecule has 28 heavy (non-hydrogen) atoms. The fraction of sp³-hybridized carbons (Fsp3) is 0.478. The first-order valence-electron chi connectivity index (χ1n) is 10.3. The van der Waals surface area contributed by atoms with E-state index in [-0.39, 0.29) is 17.7 Å². The zero-order valence-electron chi connectivity index (χ0n) is 15.9. The third-order valence-corrected chi connectivity index (χ3v) is 6.95. The number of likely N-dealkylation sites (tertiary alicyclic amines) is 1. The van der Waals surface area contributed by atoms with E-state index in [1.807, 2.05) is 17.0 Å². The van der Waals surface area contributed by atoms with Gasteiger partial charge >= 0.3 is 0 Å². The summed E-state index contributed by atoms with van der Waals surface area (Å²) in [5.74, 6) is 0.656. The topological polar surface area (TPSA) is 69.6 Å². The van der Waals surface area contributed by atoms with Gasteiger partial charge in [-0.2, -0.15) is 0 Å². The number of amides is 2. The number of nitrogens with one attached hydrogen (secondary N) is 1. The van der Waals surface area contributed by atoms with Crippen LogP contribution in [0.4, 0.5) is 0 Å². The van der Waals surface area contributed by atoms with Crippen LogP contribution in [0.5, 0.6) is 0 Å². The standard InChI is InChI=1S/C23H26N2O3/c26-18-13-23(22(28)24-14-18)7-9-25(10-8-23)21(27)20-12-19(20)17-6-5-15-3-1-2-4-16(15)11-17/h1-6,11,18-20,26H,7-10,12-14H2,(H,24,28)/t18?,19-,20+/m0/s1. The number of hydrogen-bond donors (Lipinski definition) is 2. The molecule has 0 radical (unpaired) electrons. The smallest absolute Gasteiger partial charge is 0.226 e. The molecular formula is C23H26N2O3. The Bertz CT molecular complexity index is 932. The first kappa shape index (κ1) is 17.7. The van der Waals surface area contributed by atoms with Crippen molar-refractivity contribution in [2.75, 3.05) is 19.6 Å². The zero-order chi connectivity index (χ0) is 19.3. The molecule has 3 atom stereocenters. The molecule has 5 nitrogen and oxygen atoms in total. The van der Waals surface area contributed by atoms with E-state index < -0.39 is 11.5 Å². The Labute approximate surface area is 164 Å². The van der Waals surface area contributed by atoms with Crippen molar-refractivity contribution in [2.45, 2.75) is 37.7 Å². The number of aliphatic hydroxyl groups excluding tert-OH is 1. The summed E-state index contributed by atoms with van der Waals surface area (Å²) in [6.45, 7) is 1.57. The van der Waals surface area contributed by atoms with E-state index in [2.05, 4.69) is 35.6 Å². The van der Waals surface area contributed by atoms with Crippen molar-refractivity contribution < 1.29 is 14.7 Å². The average molecular weight is 378 g/mol. The highest BCUT2D eigenvalue weighted by molar-refractivity contribution is 5.87. The van der Waals surface area contributed by atoms with Crippen molar-refractivity contribution in [3.8, 4) is 0 Å². The lowest BCUT2D eigenvalue weighted by molar-refractivity contribution is -0.146. The van der Waals surface area contributed by atoms with Gasteiger partial charge < -0.3 is 15.3 Å². The van der Waals surface area contributed by atoms with Crippen LogP contribution in [0.2, 0.25) is 0 Å². The maximum absolute atomic E-state index is 13.0. The Morgan fingerprint density at radius 1 is 1.11 bits per heavy atom. The molecule has 1 spiro atoms. The minimum Gasteiger partial charge on any atom is -0.391 e. The number of fused-ring (bicyclic) bond motifs is 1. The van der Waals surface area contributed by atoms with Crippen molar-refractivity contribution in [3.05, 3.63) is 48.0 Å². The molecule has 2 saturated heterocycles. The van der Waals surface area contributed by atoms with E-state index in [1.54, 1.807) is 0 Å². The number of piperidine rings is 2. The second-order valence-electron chi connectivity index (χ2n) is 8.73. The van der Waals surface area contributed by atoms with Crippen LogP contribution in [-0.4, -0.2) is 47.6 Å². The Hall–Kier alpha value is -2.40. The fourth-order valence-electron chi connectivity index (χ4n) is 5.11. The molecule has 3 fully saturated rings. The van der Waals surface area contributed by atoms with Crippen LogP contribution in [0.3, 0.4) is 0 Å². The number of benzene rings is 2. The molecule has 0 bridgehead atoms. The van der Waals surface area contributed by atoms with Gasteiger partial charge in [0.15, 0.2) is 0 Å². The number of rotatable bonds is 2. The summed E-state index contributed by atoms with van der Waals surface area (Å²) >= 11 is 0. The van der Waals surface area contributed by atoms with Crippen molar-refractivity contribution >= 4 is 22.6 Å². The van der Waals surface area contributed by atoms with Crippen molar-refractivity contribution in [2.24, 2.45) is 11.3 Å². The molecule has 2 N–H and O–H groups in total. The summed E-state index contributed by atoms with van der Waals surface area (Å²) < 4.78 is 0. The number of hydrogen-bond acceptors (Lipinski definition) is 3. The maximum atomic E-state index is 13.0. The van der Waals surface area contributed by atoms with Gasteiger partial charge in [0.1, 0.15) is 0 Å². The lowest BCUT2D eigenvalue weighted by atomic mass is 9.71. The molecule has 5 rings (SSSR count). The Balaban J connectivity index is 1.24. The second-order valence-corrected chi connectivity index (χ2v) is 8.73. The molecule has 0 aromatic heterocycles. The van der Waals surface area contributed by atoms with Crippen LogP contribution in [-0.2, 0) is 9.59 Å². The van der Waals surface area contributed by atoms with Gasteiger partial charge in [-0.05, 0) is 47.9 Å². The highest BCUT2D eigenvalue weighted by atomic mass is 16.3. The molecule has 2 aromatic carbocycles. The Morgan fingerprint density at radius 3 is 2.64 bits per heavy atom. The number of carbonyl (C=O) groups excluding carboxylic acids is 2. The van der Waals surface area contributed by atoms with Crippen LogP contribution in [0.25, 0.3) is 10.8 Å². The van der Waals surface area contributed by atoms with E-state index in [9.17, 15) is 14.7 Å². The normalized spacial score (nSPS) is 29.0. The van der Waals surface area contributed by atoms with E-state index in [4.69, 9.17) is 0 Å². The highest BCUT2D eigenvalue weighted by Crippen LogP contribution is 2.50. The van der Waals surface area contributed by atoms with Crippen LogP contribution < -0.4 is 5.32 Å². The SMILES string of the molecule is O=C([C@@H]1C[C@H]1c1ccc2ccccc2c1)N1CCC2(CC1)CC(O)CNC2=O. The summed E-state index contributed by atoms with van der Waals surface area (Å²) in [7, 11) is 0. The predicted molar refractivity (Wildman–Crippen MR) is 107 cm³/mol. The van der Waals surface area contributed by atoms with Gasteiger partial charge in [0.05, 0.1) is 11.5 Å². The fourth-order valence-corrected chi connectivity index (χ4v) is 5.11. The summed E-state index contributed by atoms with van der Waals surface area (Å²) in [4.78, 5) is 27.3. The number of β-amino-alcohol motifs (C(OH)–C–C–N with tert-alkyl or cyclic N) is 1. The van der Waals surface area contributed by atoms with Crippen molar-refractivity contribution in [1.82, 2.24) is 10.2 Å². The third kappa shape index (κ3) is 2.98. The van der Waals surface area contributed by atoms with Crippen molar-refractivity contribution in [3.63, 3.8) is 0 Å². The van der Waals surface area contributed by atoms with Gasteiger partial charge in [0.2, 0.25) is 11.8 Å². The minimum atomic E-state index is -0.490. The number of carbonyl (C=O) groups is 2. The molecule has 2 heterocycles. The molecule has 2 aliphatic heterocycles. The van der Waals surface area contributed by atoms with Crippen LogP contribution in [0.1, 0.15) is 37.2 Å². The first-order valence-corrected chi connectivity index (χ1v) is 10.3. The van der Waals surface area contributed by atoms with Gasteiger partial charge in [-0.25, -0.2) is 0 Å². The Morgan fingerprint density at radius 2 is 1.86 bits per heavy atom. The largest absolute Gasteiger partial charge is 0.391 e. The van der Waals surface area contributed by atoms with E-state index in [0.29, 0.717) is 44.8 Å². The molecule has 2 aromatic rings. The summed E-state index contributed by atoms with van der Waals surface area (Å²) in [6.07, 6.45) is 2.26. The molecule has 5 heteroatoms. The maximum Gasteiger partial charge on any atom is 0.226 e. The predicted octanol–water partition coefficient (Wildman–Crippen LogP) is 2.43. The average Bonchev–Trinajstić information content (AvgIpc) is 3.52. The summed E-state index contributed by atoms with van der Waals surface area (Å²) in [6, 6.07) is 14.8. The molecule has 1 aliphatic carbocycles. The second kappa shape index (κ2) is 6.59. The minimum absolute atomic E-state index is 0.0466. The molecular weight excluding hydrogens is 352 g/mol. The molecule has 1 saturated carbocycles. The van der Waals surface area contributed by atoms with Crippen LogP contribution in [0, 0.1) is 11.3 Å². The van der Waals surface area contributed by atoms with Crippen LogP contribution in [0.15, 0.2) is 42.5 Å². The molecule has 1 unspecified atom stereocenters. The van der Waals surface area contributed by atoms with Gasteiger partial charge in [0, 0.05) is 25.6 Å². The van der Waals surface area contributed by atoms with Gasteiger partial charge in [0.25, 0.3) is 0 Å². The first-order chi connectivity index (χ1) is 13.6. The van der Waals surface area contributed by atoms with Gasteiger partial charge in [-0.15, -0.1) is 0 Å². The third-order valence-electron chi connectivity index (χ3n) is 6.95. The summed E-state index contributed by atoms with van der Waals surface area (Å²) in [5, 5.41) is 15.2. The Kier molecular flexibility index (Phi) is 4.16. The lowest BCUT2D eigenvalue weighted by Crippen LogP contribution is -2.56. The number of aliphatic hydroxyl groups is 1. The molecule has 146 valence electrons. The monoisotopic (exact) mass is 378 g/mol. The molecule has 3 aliphatic rings. The van der Waals surface area contributed by atoms with E-state index >= 15 is 0 Å². The van der Waals surface area contributed by atoms with E-state index in [0.717, 1.165) is 6.42 Å². The van der Waals surface area contributed by atoms with Gasteiger partial charge in [-0.1, -0.05) is 42.5 Å². The molecule has 2 amide bonds.